The van der Waals surface area contributed by atoms with Crippen molar-refractivity contribution in [3.8, 4) is 0 Å². The normalized spacial score (nSPS) is 11.5. The molecule has 0 rings (SSSR count). The molecular weight excluding hydrogens is 196 g/mol. The molecule has 0 saturated carbocycles. The van der Waals surface area contributed by atoms with Gasteiger partial charge in [-0.15, -0.1) is 0 Å². The molecule has 0 fully saturated rings. The van der Waals surface area contributed by atoms with Crippen LogP contribution in [0.1, 0.15) is 40.5 Å². The van der Waals surface area contributed by atoms with E-state index < -0.39 is 5.79 Å². The van der Waals surface area contributed by atoms with Gasteiger partial charge in [0, 0.05) is 19.6 Å². The molecule has 0 amide bonds. The van der Waals surface area contributed by atoms with Gasteiger partial charge >= 0.3 is 5.97 Å². The van der Waals surface area contributed by atoms with E-state index in [0.29, 0.717) is 32.7 Å². The summed E-state index contributed by atoms with van der Waals surface area (Å²) in [6.07, 6.45) is 0.845. The summed E-state index contributed by atoms with van der Waals surface area (Å²) in [7, 11) is 0. The van der Waals surface area contributed by atoms with E-state index in [1.54, 1.807) is 6.92 Å². The van der Waals surface area contributed by atoms with Crippen molar-refractivity contribution in [3.63, 3.8) is 0 Å². The zero-order chi connectivity index (χ0) is 11.7. The molecule has 0 spiro atoms. The highest BCUT2D eigenvalue weighted by Crippen LogP contribution is 2.19. The molecule has 0 aromatic carbocycles. The first-order chi connectivity index (χ1) is 7.08. The van der Waals surface area contributed by atoms with E-state index in [2.05, 4.69) is 0 Å². The van der Waals surface area contributed by atoms with E-state index in [9.17, 15) is 4.79 Å². The predicted molar refractivity (Wildman–Crippen MR) is 57.5 cm³/mol. The minimum absolute atomic E-state index is 0.205. The van der Waals surface area contributed by atoms with Crippen molar-refractivity contribution >= 4 is 5.97 Å². The summed E-state index contributed by atoms with van der Waals surface area (Å²) in [5.74, 6) is -0.876. The lowest BCUT2D eigenvalue weighted by Crippen LogP contribution is -2.33. The van der Waals surface area contributed by atoms with Crippen LogP contribution in [0, 0.1) is 0 Å². The smallest absolute Gasteiger partial charge is 0.305 e. The number of hydrogen-bond acceptors (Lipinski definition) is 4. The number of rotatable bonds is 8. The lowest BCUT2D eigenvalue weighted by molar-refractivity contribution is -0.226. The standard InChI is InChI=1S/C11H22O4/c1-5-13-10(12)8-9-11(4,14-6-2)15-7-3/h5-9H2,1-4H3. The average molecular weight is 218 g/mol. The molecule has 0 heterocycles. The van der Waals surface area contributed by atoms with Gasteiger partial charge in [0.15, 0.2) is 5.79 Å². The summed E-state index contributed by atoms with van der Waals surface area (Å²) in [4.78, 5) is 11.2. The van der Waals surface area contributed by atoms with Crippen molar-refractivity contribution in [2.24, 2.45) is 0 Å². The van der Waals surface area contributed by atoms with E-state index >= 15 is 0 Å². The molecule has 4 nitrogen and oxygen atoms in total. The molecule has 4 heteroatoms. The Bertz CT molecular complexity index is 173. The summed E-state index contributed by atoms with van der Waals surface area (Å²) >= 11 is 0. The topological polar surface area (TPSA) is 44.8 Å². The van der Waals surface area contributed by atoms with Crippen molar-refractivity contribution in [1.29, 1.82) is 0 Å². The molecule has 0 aliphatic heterocycles. The molecule has 0 saturated heterocycles. The largest absolute Gasteiger partial charge is 0.466 e. The van der Waals surface area contributed by atoms with Gasteiger partial charge in [0.25, 0.3) is 0 Å². The number of hydrogen-bond donors (Lipinski definition) is 0. The maximum atomic E-state index is 11.2. The van der Waals surface area contributed by atoms with E-state index in [-0.39, 0.29) is 5.97 Å². The second kappa shape index (κ2) is 7.65. The number of ether oxygens (including phenoxy) is 3. The molecular formula is C11H22O4. The van der Waals surface area contributed by atoms with Crippen molar-refractivity contribution in [2.45, 2.75) is 46.3 Å². The Kier molecular flexibility index (Phi) is 7.34. The van der Waals surface area contributed by atoms with Gasteiger partial charge in [-0.1, -0.05) is 0 Å². The third-order valence-electron chi connectivity index (χ3n) is 1.99. The zero-order valence-corrected chi connectivity index (χ0v) is 10.2. The van der Waals surface area contributed by atoms with Gasteiger partial charge in [0.05, 0.1) is 13.0 Å². The zero-order valence-electron chi connectivity index (χ0n) is 10.2. The molecule has 0 N–H and O–H groups in total. The van der Waals surface area contributed by atoms with Gasteiger partial charge in [-0.3, -0.25) is 4.79 Å². The highest BCUT2D eigenvalue weighted by Gasteiger charge is 2.25. The van der Waals surface area contributed by atoms with Crippen molar-refractivity contribution in [1.82, 2.24) is 0 Å². The Morgan fingerprint density at radius 3 is 2.00 bits per heavy atom. The van der Waals surface area contributed by atoms with E-state index in [4.69, 9.17) is 14.2 Å². The molecule has 15 heavy (non-hydrogen) atoms. The van der Waals surface area contributed by atoms with Crippen molar-refractivity contribution in [3.05, 3.63) is 0 Å². The van der Waals surface area contributed by atoms with Crippen LogP contribution in [0.15, 0.2) is 0 Å². The Morgan fingerprint density at radius 2 is 1.60 bits per heavy atom. The maximum absolute atomic E-state index is 11.2. The molecule has 90 valence electrons. The molecule has 0 bridgehead atoms. The number of esters is 1. The van der Waals surface area contributed by atoms with Crippen molar-refractivity contribution in [2.75, 3.05) is 19.8 Å². The Labute approximate surface area is 91.9 Å². The van der Waals surface area contributed by atoms with Gasteiger partial charge in [-0.2, -0.15) is 0 Å². The van der Waals surface area contributed by atoms with Crippen LogP contribution in [-0.2, 0) is 19.0 Å². The number of carbonyl (C=O) groups excluding carboxylic acids is 1. The fourth-order valence-electron chi connectivity index (χ4n) is 1.36. The Balaban J connectivity index is 3.99. The lowest BCUT2D eigenvalue weighted by atomic mass is 10.1. The maximum Gasteiger partial charge on any atom is 0.305 e. The van der Waals surface area contributed by atoms with Crippen LogP contribution in [0.25, 0.3) is 0 Å². The SMILES string of the molecule is CCOC(=O)CCC(C)(OCC)OCC. The van der Waals surface area contributed by atoms with E-state index in [1.165, 1.54) is 0 Å². The average Bonchev–Trinajstić information content (AvgIpc) is 2.16. The molecule has 0 aromatic heterocycles. The van der Waals surface area contributed by atoms with Crippen LogP contribution < -0.4 is 0 Å². The van der Waals surface area contributed by atoms with E-state index in [1.807, 2.05) is 20.8 Å². The first-order valence-corrected chi connectivity index (χ1v) is 5.51. The highest BCUT2D eigenvalue weighted by atomic mass is 16.7. The van der Waals surface area contributed by atoms with Gasteiger partial charge in [-0.25, -0.2) is 0 Å². The van der Waals surface area contributed by atoms with Crippen LogP contribution >= 0.6 is 0 Å². The summed E-state index contributed by atoms with van der Waals surface area (Å²) in [5.41, 5.74) is 0. The molecule has 0 aromatic rings. The van der Waals surface area contributed by atoms with Crippen LogP contribution in [0.3, 0.4) is 0 Å². The number of carbonyl (C=O) groups is 1. The van der Waals surface area contributed by atoms with Crippen LogP contribution in [0.5, 0.6) is 0 Å². The van der Waals surface area contributed by atoms with E-state index in [0.717, 1.165) is 0 Å². The molecule has 0 aliphatic carbocycles. The molecule has 0 unspecified atom stereocenters. The Hall–Kier alpha value is -0.610. The van der Waals surface area contributed by atoms with Crippen LogP contribution in [0.2, 0.25) is 0 Å². The summed E-state index contributed by atoms with van der Waals surface area (Å²) in [6.45, 7) is 9.00. The highest BCUT2D eigenvalue weighted by molar-refractivity contribution is 5.69. The van der Waals surface area contributed by atoms with Gasteiger partial charge in [0.1, 0.15) is 0 Å². The minimum Gasteiger partial charge on any atom is -0.466 e. The second-order valence-corrected chi connectivity index (χ2v) is 3.30. The molecule has 0 aliphatic rings. The van der Waals surface area contributed by atoms with Crippen LogP contribution in [0.4, 0.5) is 0 Å². The summed E-state index contributed by atoms with van der Waals surface area (Å²) in [6, 6.07) is 0. The first-order valence-electron chi connectivity index (χ1n) is 5.51. The fourth-order valence-corrected chi connectivity index (χ4v) is 1.36. The lowest BCUT2D eigenvalue weighted by Gasteiger charge is -2.28. The second-order valence-electron chi connectivity index (χ2n) is 3.30. The summed E-state index contributed by atoms with van der Waals surface area (Å²) < 4.78 is 15.8. The van der Waals surface area contributed by atoms with Gasteiger partial charge in [0.2, 0.25) is 0 Å². The minimum atomic E-state index is -0.670. The molecule has 0 atom stereocenters. The summed E-state index contributed by atoms with van der Waals surface area (Å²) in [5, 5.41) is 0. The fraction of sp³-hybridized carbons (Fsp3) is 0.909. The Morgan fingerprint density at radius 1 is 1.07 bits per heavy atom. The first kappa shape index (κ1) is 14.4. The predicted octanol–water partition coefficient (Wildman–Crippen LogP) is 2.12. The quantitative estimate of drug-likeness (QED) is 0.462. The van der Waals surface area contributed by atoms with Crippen molar-refractivity contribution < 1.29 is 19.0 Å². The van der Waals surface area contributed by atoms with Gasteiger partial charge in [-0.05, 0) is 27.7 Å². The van der Waals surface area contributed by atoms with Gasteiger partial charge < -0.3 is 14.2 Å². The third kappa shape index (κ3) is 6.47. The van der Waals surface area contributed by atoms with Crippen LogP contribution in [-0.4, -0.2) is 31.6 Å². The molecule has 0 radical (unpaired) electrons. The monoisotopic (exact) mass is 218 g/mol. The third-order valence-corrected chi connectivity index (χ3v) is 1.99.